The Morgan fingerprint density at radius 2 is 2.38 bits per heavy atom. The van der Waals surface area contributed by atoms with E-state index in [1.54, 1.807) is 4.90 Å². The number of hydrogen-bond donors (Lipinski definition) is 3. The molecular formula is C14H22N4O3. The van der Waals surface area contributed by atoms with Gasteiger partial charge in [-0.15, -0.1) is 0 Å². The number of piperidine rings is 1. The SMILES string of the molecule is Cc1cc(C2CCCN(C(=O)NCCCC(=O)O)C2)n[nH]1. The summed E-state index contributed by atoms with van der Waals surface area (Å²) in [5.74, 6) is -0.565. The van der Waals surface area contributed by atoms with E-state index in [0.717, 1.165) is 30.8 Å². The van der Waals surface area contributed by atoms with Gasteiger partial charge in [0.25, 0.3) is 0 Å². The van der Waals surface area contributed by atoms with Gasteiger partial charge in [-0.2, -0.15) is 5.10 Å². The number of aliphatic carboxylic acids is 1. The summed E-state index contributed by atoms with van der Waals surface area (Å²) >= 11 is 0. The van der Waals surface area contributed by atoms with Crippen molar-refractivity contribution in [2.75, 3.05) is 19.6 Å². The van der Waals surface area contributed by atoms with Crippen LogP contribution in [-0.2, 0) is 4.79 Å². The number of urea groups is 1. The van der Waals surface area contributed by atoms with Gasteiger partial charge < -0.3 is 15.3 Å². The van der Waals surface area contributed by atoms with E-state index in [2.05, 4.69) is 15.5 Å². The van der Waals surface area contributed by atoms with E-state index in [9.17, 15) is 9.59 Å². The van der Waals surface area contributed by atoms with Crippen LogP contribution in [0.3, 0.4) is 0 Å². The molecule has 0 bridgehead atoms. The van der Waals surface area contributed by atoms with Crippen LogP contribution in [-0.4, -0.2) is 51.8 Å². The molecule has 0 aliphatic carbocycles. The number of amides is 2. The second kappa shape index (κ2) is 7.10. The number of likely N-dealkylation sites (tertiary alicyclic amines) is 1. The van der Waals surface area contributed by atoms with Gasteiger partial charge in [0, 0.05) is 37.7 Å². The predicted octanol–water partition coefficient (Wildman–Crippen LogP) is 1.47. The number of H-pyrrole nitrogens is 1. The molecule has 1 aliphatic heterocycles. The van der Waals surface area contributed by atoms with Crippen molar-refractivity contribution in [1.29, 1.82) is 0 Å². The van der Waals surface area contributed by atoms with Crippen LogP contribution in [0, 0.1) is 6.92 Å². The Balaban J connectivity index is 1.80. The first-order valence-corrected chi connectivity index (χ1v) is 7.32. The number of nitrogens with zero attached hydrogens (tertiary/aromatic N) is 2. The zero-order valence-corrected chi connectivity index (χ0v) is 12.3. The second-order valence-corrected chi connectivity index (χ2v) is 5.49. The van der Waals surface area contributed by atoms with E-state index >= 15 is 0 Å². The fourth-order valence-electron chi connectivity index (χ4n) is 2.60. The molecule has 116 valence electrons. The molecule has 0 saturated carbocycles. The third-order valence-corrected chi connectivity index (χ3v) is 3.70. The summed E-state index contributed by atoms with van der Waals surface area (Å²) in [6.45, 7) is 3.76. The molecule has 1 aliphatic rings. The van der Waals surface area contributed by atoms with Crippen molar-refractivity contribution in [3.05, 3.63) is 17.5 Å². The Kier molecular flexibility index (Phi) is 5.19. The lowest BCUT2D eigenvalue weighted by atomic mass is 9.95. The topological polar surface area (TPSA) is 98.3 Å². The lowest BCUT2D eigenvalue weighted by Gasteiger charge is -2.32. The Morgan fingerprint density at radius 3 is 3.05 bits per heavy atom. The first-order valence-electron chi connectivity index (χ1n) is 7.32. The van der Waals surface area contributed by atoms with Gasteiger partial charge in [0.1, 0.15) is 0 Å². The van der Waals surface area contributed by atoms with Crippen molar-refractivity contribution in [3.8, 4) is 0 Å². The lowest BCUT2D eigenvalue weighted by molar-refractivity contribution is -0.137. The maximum Gasteiger partial charge on any atom is 0.317 e. The molecule has 21 heavy (non-hydrogen) atoms. The summed E-state index contributed by atoms with van der Waals surface area (Å²) in [7, 11) is 0. The molecule has 1 unspecified atom stereocenters. The maximum absolute atomic E-state index is 12.1. The molecule has 2 amide bonds. The smallest absolute Gasteiger partial charge is 0.317 e. The summed E-state index contributed by atoms with van der Waals surface area (Å²) in [5, 5.41) is 18.6. The van der Waals surface area contributed by atoms with Gasteiger partial charge in [-0.3, -0.25) is 9.89 Å². The lowest BCUT2D eigenvalue weighted by Crippen LogP contribution is -2.45. The van der Waals surface area contributed by atoms with Crippen molar-refractivity contribution in [3.63, 3.8) is 0 Å². The number of aromatic amines is 1. The third-order valence-electron chi connectivity index (χ3n) is 3.70. The van der Waals surface area contributed by atoms with Gasteiger partial charge in [-0.25, -0.2) is 4.79 Å². The number of nitrogens with one attached hydrogen (secondary N) is 2. The van der Waals surface area contributed by atoms with E-state index in [-0.39, 0.29) is 18.4 Å². The second-order valence-electron chi connectivity index (χ2n) is 5.49. The van der Waals surface area contributed by atoms with Crippen molar-refractivity contribution in [2.45, 2.75) is 38.5 Å². The van der Waals surface area contributed by atoms with Gasteiger partial charge in [0.2, 0.25) is 0 Å². The van der Waals surface area contributed by atoms with Gasteiger partial charge >= 0.3 is 12.0 Å². The molecule has 0 aromatic carbocycles. The molecule has 1 aromatic heterocycles. The highest BCUT2D eigenvalue weighted by Crippen LogP contribution is 2.25. The highest BCUT2D eigenvalue weighted by Gasteiger charge is 2.25. The normalized spacial score (nSPS) is 18.5. The quantitative estimate of drug-likeness (QED) is 0.716. The van der Waals surface area contributed by atoms with Crippen molar-refractivity contribution in [2.24, 2.45) is 0 Å². The van der Waals surface area contributed by atoms with Gasteiger partial charge in [0.15, 0.2) is 0 Å². The molecule has 1 saturated heterocycles. The summed E-state index contributed by atoms with van der Waals surface area (Å²) in [4.78, 5) is 24.3. The van der Waals surface area contributed by atoms with E-state index in [0.29, 0.717) is 19.5 Å². The minimum Gasteiger partial charge on any atom is -0.481 e. The highest BCUT2D eigenvalue weighted by atomic mass is 16.4. The van der Waals surface area contributed by atoms with Crippen LogP contribution in [0.5, 0.6) is 0 Å². The number of carbonyl (C=O) groups excluding carboxylic acids is 1. The van der Waals surface area contributed by atoms with Gasteiger partial charge in [-0.1, -0.05) is 0 Å². The average molecular weight is 294 g/mol. The molecule has 1 fully saturated rings. The summed E-state index contributed by atoms with van der Waals surface area (Å²) in [6.07, 6.45) is 2.53. The Morgan fingerprint density at radius 1 is 1.57 bits per heavy atom. The summed E-state index contributed by atoms with van der Waals surface area (Å²) < 4.78 is 0. The molecule has 2 rings (SSSR count). The molecule has 0 spiro atoms. The fraction of sp³-hybridized carbons (Fsp3) is 0.643. The maximum atomic E-state index is 12.1. The minimum absolute atomic E-state index is 0.0788. The summed E-state index contributed by atoms with van der Waals surface area (Å²) in [6, 6.07) is 1.91. The Bertz CT molecular complexity index is 500. The van der Waals surface area contributed by atoms with Crippen LogP contribution < -0.4 is 5.32 Å². The summed E-state index contributed by atoms with van der Waals surface area (Å²) in [5.41, 5.74) is 2.04. The van der Waals surface area contributed by atoms with Crippen molar-refractivity contribution < 1.29 is 14.7 Å². The van der Waals surface area contributed by atoms with Gasteiger partial charge in [-0.05, 0) is 32.3 Å². The number of aromatic nitrogens is 2. The fourth-order valence-corrected chi connectivity index (χ4v) is 2.60. The van der Waals surface area contributed by atoms with Crippen LogP contribution in [0.2, 0.25) is 0 Å². The van der Waals surface area contributed by atoms with Crippen LogP contribution in [0.15, 0.2) is 6.07 Å². The molecule has 7 heteroatoms. The van der Waals surface area contributed by atoms with E-state index < -0.39 is 5.97 Å². The highest BCUT2D eigenvalue weighted by molar-refractivity contribution is 5.74. The first kappa shape index (κ1) is 15.3. The van der Waals surface area contributed by atoms with Crippen LogP contribution in [0.1, 0.15) is 43.0 Å². The van der Waals surface area contributed by atoms with E-state index in [1.807, 2.05) is 13.0 Å². The first-order chi connectivity index (χ1) is 10.1. The Labute approximate surface area is 123 Å². The zero-order valence-electron chi connectivity index (χ0n) is 12.3. The van der Waals surface area contributed by atoms with Crippen molar-refractivity contribution in [1.82, 2.24) is 20.4 Å². The van der Waals surface area contributed by atoms with Crippen LogP contribution >= 0.6 is 0 Å². The minimum atomic E-state index is -0.837. The molecular weight excluding hydrogens is 272 g/mol. The number of aryl methyl sites for hydroxylation is 1. The molecule has 3 N–H and O–H groups in total. The number of rotatable bonds is 5. The van der Waals surface area contributed by atoms with E-state index in [1.165, 1.54) is 0 Å². The van der Waals surface area contributed by atoms with Crippen LogP contribution in [0.25, 0.3) is 0 Å². The molecule has 1 aromatic rings. The molecule has 2 heterocycles. The number of carboxylic acids is 1. The monoisotopic (exact) mass is 294 g/mol. The predicted molar refractivity (Wildman–Crippen MR) is 77.1 cm³/mol. The molecule has 1 atom stereocenters. The zero-order chi connectivity index (χ0) is 15.2. The van der Waals surface area contributed by atoms with Crippen LogP contribution in [0.4, 0.5) is 4.79 Å². The van der Waals surface area contributed by atoms with E-state index in [4.69, 9.17) is 5.11 Å². The number of hydrogen-bond acceptors (Lipinski definition) is 3. The Hall–Kier alpha value is -2.05. The number of carbonyl (C=O) groups is 2. The third kappa shape index (κ3) is 4.47. The standard InChI is InChI=1S/C14H22N4O3/c1-10-8-12(17-16-10)11-4-3-7-18(9-11)14(21)15-6-2-5-13(19)20/h8,11H,2-7,9H2,1H3,(H,15,21)(H,16,17)(H,19,20). The average Bonchev–Trinajstić information content (AvgIpc) is 2.90. The number of carboxylic acid groups (broad SMARTS) is 1. The van der Waals surface area contributed by atoms with Gasteiger partial charge in [0.05, 0.1) is 5.69 Å². The molecule has 7 nitrogen and oxygen atoms in total. The van der Waals surface area contributed by atoms with Crippen molar-refractivity contribution >= 4 is 12.0 Å². The molecule has 0 radical (unpaired) electrons. The largest absolute Gasteiger partial charge is 0.481 e.